The molecule has 0 radical (unpaired) electrons. The number of rotatable bonds is 4. The molecule has 0 aliphatic carbocycles. The zero-order valence-electron chi connectivity index (χ0n) is 15.9. The Morgan fingerprint density at radius 1 is 1.36 bits per heavy atom. The number of nitrogens with one attached hydrogen (secondary N) is 1. The summed E-state index contributed by atoms with van der Waals surface area (Å²) >= 11 is 0. The lowest BCUT2D eigenvalue weighted by Gasteiger charge is -2.21. The summed E-state index contributed by atoms with van der Waals surface area (Å²) in [5.74, 6) is 1.12. The molecule has 154 valence electrons. The average Bonchev–Trinajstić information content (AvgIpc) is 3.27. The molecule has 1 atom stereocenters. The predicted molar refractivity (Wildman–Crippen MR) is 114 cm³/mol. The SMILES string of the molecule is CCNC(=NCc1cccc(C(F)(F)F)c1)N1CCC(c2cnn(C)c2)C1.I. The summed E-state index contributed by atoms with van der Waals surface area (Å²) in [6.07, 6.45) is 0.581. The molecule has 1 fully saturated rings. The second-order valence-electron chi connectivity index (χ2n) is 6.75. The molecular weight excluding hydrogens is 482 g/mol. The van der Waals surface area contributed by atoms with Crippen LogP contribution in [0, 0.1) is 0 Å². The smallest absolute Gasteiger partial charge is 0.357 e. The highest BCUT2D eigenvalue weighted by molar-refractivity contribution is 14.0. The van der Waals surface area contributed by atoms with Crippen LogP contribution in [0.2, 0.25) is 0 Å². The number of hydrogen-bond acceptors (Lipinski definition) is 2. The molecule has 1 saturated heterocycles. The number of hydrogen-bond donors (Lipinski definition) is 1. The van der Waals surface area contributed by atoms with Crippen LogP contribution in [0.1, 0.15) is 36.0 Å². The highest BCUT2D eigenvalue weighted by Gasteiger charge is 2.30. The highest BCUT2D eigenvalue weighted by Crippen LogP contribution is 2.30. The number of nitrogens with zero attached hydrogens (tertiary/aromatic N) is 4. The van der Waals surface area contributed by atoms with Gasteiger partial charge in [0.15, 0.2) is 5.96 Å². The molecule has 2 aromatic rings. The van der Waals surface area contributed by atoms with Gasteiger partial charge in [-0.05, 0) is 36.6 Å². The van der Waals surface area contributed by atoms with Crippen molar-refractivity contribution in [1.29, 1.82) is 0 Å². The van der Waals surface area contributed by atoms with E-state index in [2.05, 4.69) is 20.3 Å². The van der Waals surface area contributed by atoms with Gasteiger partial charge in [-0.15, -0.1) is 24.0 Å². The fourth-order valence-electron chi connectivity index (χ4n) is 3.31. The van der Waals surface area contributed by atoms with Crippen LogP contribution >= 0.6 is 24.0 Å². The second-order valence-corrected chi connectivity index (χ2v) is 6.75. The van der Waals surface area contributed by atoms with E-state index in [0.29, 0.717) is 18.0 Å². The number of alkyl halides is 3. The molecule has 1 aromatic heterocycles. The molecule has 0 amide bonds. The van der Waals surface area contributed by atoms with Crippen molar-refractivity contribution in [2.24, 2.45) is 12.0 Å². The molecule has 0 saturated carbocycles. The van der Waals surface area contributed by atoms with E-state index >= 15 is 0 Å². The minimum Gasteiger partial charge on any atom is -0.357 e. The summed E-state index contributed by atoms with van der Waals surface area (Å²) in [5, 5.41) is 7.48. The van der Waals surface area contributed by atoms with E-state index in [1.807, 2.05) is 26.4 Å². The number of guanidine groups is 1. The van der Waals surface area contributed by atoms with Crippen LogP contribution in [0.15, 0.2) is 41.7 Å². The first-order chi connectivity index (χ1) is 12.9. The van der Waals surface area contributed by atoms with E-state index in [9.17, 15) is 13.2 Å². The lowest BCUT2D eigenvalue weighted by Crippen LogP contribution is -2.40. The van der Waals surface area contributed by atoms with E-state index in [0.717, 1.165) is 37.6 Å². The first-order valence-corrected chi connectivity index (χ1v) is 9.04. The largest absolute Gasteiger partial charge is 0.416 e. The normalized spacial score (nSPS) is 17.5. The lowest BCUT2D eigenvalue weighted by atomic mass is 10.0. The van der Waals surface area contributed by atoms with Crippen LogP contribution in [-0.2, 0) is 19.8 Å². The maximum absolute atomic E-state index is 12.9. The van der Waals surface area contributed by atoms with Crippen LogP contribution in [0.4, 0.5) is 13.2 Å². The van der Waals surface area contributed by atoms with Gasteiger partial charge in [-0.2, -0.15) is 18.3 Å². The van der Waals surface area contributed by atoms with Crippen LogP contribution in [0.5, 0.6) is 0 Å². The molecule has 5 nitrogen and oxygen atoms in total. The van der Waals surface area contributed by atoms with Gasteiger partial charge in [0.1, 0.15) is 0 Å². The summed E-state index contributed by atoms with van der Waals surface area (Å²) in [6, 6.07) is 5.34. The van der Waals surface area contributed by atoms with Crippen LogP contribution < -0.4 is 5.32 Å². The molecule has 1 aliphatic heterocycles. The third kappa shape index (κ3) is 5.62. The first-order valence-electron chi connectivity index (χ1n) is 9.04. The molecule has 1 N–H and O–H groups in total. The van der Waals surface area contributed by atoms with Crippen molar-refractivity contribution >= 4 is 29.9 Å². The Labute approximate surface area is 180 Å². The number of halogens is 4. The summed E-state index contributed by atoms with van der Waals surface area (Å²) in [7, 11) is 1.90. The van der Waals surface area contributed by atoms with Crippen molar-refractivity contribution in [3.05, 3.63) is 53.3 Å². The lowest BCUT2D eigenvalue weighted by molar-refractivity contribution is -0.137. The van der Waals surface area contributed by atoms with Crippen molar-refractivity contribution in [3.63, 3.8) is 0 Å². The van der Waals surface area contributed by atoms with Gasteiger partial charge in [-0.25, -0.2) is 4.99 Å². The zero-order chi connectivity index (χ0) is 19.4. The molecular formula is C19H25F3IN5. The van der Waals surface area contributed by atoms with E-state index < -0.39 is 11.7 Å². The van der Waals surface area contributed by atoms with Crippen molar-refractivity contribution in [3.8, 4) is 0 Å². The van der Waals surface area contributed by atoms with Gasteiger partial charge in [0.05, 0.1) is 18.3 Å². The van der Waals surface area contributed by atoms with Gasteiger partial charge in [0.25, 0.3) is 0 Å². The van der Waals surface area contributed by atoms with Crippen molar-refractivity contribution in [2.75, 3.05) is 19.6 Å². The summed E-state index contributed by atoms with van der Waals surface area (Å²) < 4.78 is 40.4. The molecule has 3 rings (SSSR count). The molecule has 2 heterocycles. The Balaban J connectivity index is 0.00000280. The van der Waals surface area contributed by atoms with Crippen LogP contribution in [0.25, 0.3) is 0 Å². The summed E-state index contributed by atoms with van der Waals surface area (Å²) in [5.41, 5.74) is 1.11. The Kier molecular flexibility index (Phi) is 7.73. The minimum absolute atomic E-state index is 0. The third-order valence-corrected chi connectivity index (χ3v) is 4.68. The topological polar surface area (TPSA) is 45.5 Å². The van der Waals surface area contributed by atoms with Gasteiger partial charge in [-0.3, -0.25) is 4.68 Å². The Morgan fingerprint density at radius 2 is 2.14 bits per heavy atom. The zero-order valence-corrected chi connectivity index (χ0v) is 18.2. The molecule has 1 aliphatic rings. The fourth-order valence-corrected chi connectivity index (χ4v) is 3.31. The Hall–Kier alpha value is -1.78. The van der Waals surface area contributed by atoms with E-state index in [1.54, 1.807) is 10.7 Å². The van der Waals surface area contributed by atoms with Crippen LogP contribution in [-0.4, -0.2) is 40.3 Å². The predicted octanol–water partition coefficient (Wildman–Crippen LogP) is 4.01. The number of aromatic nitrogens is 2. The van der Waals surface area contributed by atoms with Gasteiger partial charge in [-0.1, -0.05) is 12.1 Å². The van der Waals surface area contributed by atoms with Gasteiger partial charge in [0, 0.05) is 38.8 Å². The number of aliphatic imine (C=N–C) groups is 1. The Bertz CT molecular complexity index is 803. The quantitative estimate of drug-likeness (QED) is 0.387. The molecule has 0 bridgehead atoms. The standard InChI is InChI=1S/C19H24F3N5.HI/c1-3-23-18(24-10-14-5-4-6-17(9-14)19(20,21)22)27-8-7-15(13-27)16-11-25-26(2)12-16;/h4-6,9,11-12,15H,3,7-8,10,13H2,1-2H3,(H,23,24);1H. The molecule has 9 heteroatoms. The number of aryl methyl sites for hydroxylation is 1. The van der Waals surface area contributed by atoms with Crippen molar-refractivity contribution in [2.45, 2.75) is 32.0 Å². The molecule has 1 unspecified atom stereocenters. The molecule has 1 aromatic carbocycles. The molecule has 0 spiro atoms. The monoisotopic (exact) mass is 507 g/mol. The van der Waals surface area contributed by atoms with E-state index in [-0.39, 0.29) is 30.5 Å². The average molecular weight is 507 g/mol. The maximum atomic E-state index is 12.9. The van der Waals surface area contributed by atoms with E-state index in [1.165, 1.54) is 11.6 Å². The third-order valence-electron chi connectivity index (χ3n) is 4.68. The Morgan fingerprint density at radius 3 is 2.79 bits per heavy atom. The first kappa shape index (κ1) is 22.5. The number of benzene rings is 1. The minimum atomic E-state index is -4.34. The summed E-state index contributed by atoms with van der Waals surface area (Å²) in [6.45, 7) is 4.57. The molecule has 28 heavy (non-hydrogen) atoms. The maximum Gasteiger partial charge on any atom is 0.416 e. The van der Waals surface area contributed by atoms with Crippen molar-refractivity contribution < 1.29 is 13.2 Å². The van der Waals surface area contributed by atoms with Crippen molar-refractivity contribution in [1.82, 2.24) is 20.0 Å². The van der Waals surface area contributed by atoms with Gasteiger partial charge in [0.2, 0.25) is 0 Å². The fraction of sp³-hybridized carbons (Fsp3) is 0.474. The van der Waals surface area contributed by atoms with E-state index in [4.69, 9.17) is 0 Å². The highest BCUT2D eigenvalue weighted by atomic mass is 127. The second kappa shape index (κ2) is 9.62. The van der Waals surface area contributed by atoms with Gasteiger partial charge >= 0.3 is 6.18 Å². The summed E-state index contributed by atoms with van der Waals surface area (Å²) in [4.78, 5) is 6.73. The van der Waals surface area contributed by atoms with Gasteiger partial charge < -0.3 is 10.2 Å². The van der Waals surface area contributed by atoms with Crippen LogP contribution in [0.3, 0.4) is 0 Å². The number of likely N-dealkylation sites (tertiary alicyclic amines) is 1.